The minimum Gasteiger partial charge on any atom is -0.477 e. The third-order valence-electron chi connectivity index (χ3n) is 3.40. The number of nitrogens with one attached hydrogen (secondary N) is 1. The van der Waals surface area contributed by atoms with Crippen LogP contribution in [0.3, 0.4) is 0 Å². The monoisotopic (exact) mass is 289 g/mol. The lowest BCUT2D eigenvalue weighted by Crippen LogP contribution is -2.25. The molecule has 0 saturated carbocycles. The third kappa shape index (κ3) is 2.71. The van der Waals surface area contributed by atoms with Crippen LogP contribution in [0.1, 0.15) is 38.6 Å². The lowest BCUT2D eigenvalue weighted by Gasteiger charge is -2.24. The summed E-state index contributed by atoms with van der Waals surface area (Å²) >= 11 is 0. The number of ether oxygens (including phenoxy) is 2. The molecule has 2 heterocycles. The van der Waals surface area contributed by atoms with Gasteiger partial charge in [0.05, 0.1) is 12.2 Å². The van der Waals surface area contributed by atoms with Gasteiger partial charge in [0, 0.05) is 6.61 Å². The molecule has 112 valence electrons. The first-order chi connectivity index (χ1) is 10.1. The maximum absolute atomic E-state index is 5.90. The van der Waals surface area contributed by atoms with Crippen LogP contribution in [0, 0.1) is 0 Å². The molecule has 6 nitrogen and oxygen atoms in total. The summed E-state index contributed by atoms with van der Waals surface area (Å²) in [7, 11) is 0. The summed E-state index contributed by atoms with van der Waals surface area (Å²) in [5.41, 5.74) is 0.402. The molecule has 6 heteroatoms. The zero-order valence-electron chi connectivity index (χ0n) is 12.4. The summed E-state index contributed by atoms with van der Waals surface area (Å²) in [6, 6.07) is 7.78. The van der Waals surface area contributed by atoms with E-state index < -0.39 is 5.60 Å². The van der Waals surface area contributed by atoms with Gasteiger partial charge in [-0.1, -0.05) is 17.3 Å². The fourth-order valence-corrected chi connectivity index (χ4v) is 2.29. The molecule has 21 heavy (non-hydrogen) atoms. The summed E-state index contributed by atoms with van der Waals surface area (Å²) in [4.78, 5) is 4.43. The fourth-order valence-electron chi connectivity index (χ4n) is 2.29. The van der Waals surface area contributed by atoms with Gasteiger partial charge < -0.3 is 19.3 Å². The molecule has 0 fully saturated rings. The van der Waals surface area contributed by atoms with E-state index in [1.165, 1.54) is 0 Å². The number of hydrogen-bond acceptors (Lipinski definition) is 6. The van der Waals surface area contributed by atoms with Crippen LogP contribution >= 0.6 is 0 Å². The van der Waals surface area contributed by atoms with Crippen LogP contribution in [0.5, 0.6) is 5.75 Å². The van der Waals surface area contributed by atoms with Gasteiger partial charge in [0.1, 0.15) is 11.4 Å². The molecule has 1 N–H and O–H groups in total. The number of anilines is 1. The Morgan fingerprint density at radius 2 is 2.19 bits per heavy atom. The molecule has 2 aromatic rings. The summed E-state index contributed by atoms with van der Waals surface area (Å²) in [6.45, 7) is 6.95. The predicted molar refractivity (Wildman–Crippen MR) is 77.3 cm³/mol. The maximum Gasteiger partial charge on any atom is 0.269 e. The van der Waals surface area contributed by atoms with E-state index in [9.17, 15) is 0 Å². The van der Waals surface area contributed by atoms with Crippen molar-refractivity contribution in [2.24, 2.45) is 0 Å². The van der Waals surface area contributed by atoms with Crippen molar-refractivity contribution in [3.05, 3.63) is 36.0 Å². The van der Waals surface area contributed by atoms with Gasteiger partial charge in [0.25, 0.3) is 5.89 Å². The molecule has 0 saturated heterocycles. The van der Waals surface area contributed by atoms with Crippen LogP contribution in [0.15, 0.2) is 28.8 Å². The van der Waals surface area contributed by atoms with Crippen molar-refractivity contribution in [2.75, 3.05) is 18.5 Å². The molecule has 1 unspecified atom stereocenters. The Kier molecular flexibility index (Phi) is 3.55. The van der Waals surface area contributed by atoms with Crippen molar-refractivity contribution in [2.45, 2.75) is 32.5 Å². The van der Waals surface area contributed by atoms with Crippen molar-refractivity contribution in [1.29, 1.82) is 0 Å². The van der Waals surface area contributed by atoms with Crippen LogP contribution in [0.4, 0.5) is 5.69 Å². The first kappa shape index (κ1) is 13.9. The predicted octanol–water partition coefficient (Wildman–Crippen LogP) is 2.89. The van der Waals surface area contributed by atoms with Crippen LogP contribution in [0.2, 0.25) is 0 Å². The topological polar surface area (TPSA) is 69.4 Å². The number of aromatic nitrogens is 2. The molecule has 0 bridgehead atoms. The largest absolute Gasteiger partial charge is 0.477 e. The van der Waals surface area contributed by atoms with Gasteiger partial charge in [0.2, 0.25) is 5.82 Å². The average molecular weight is 289 g/mol. The van der Waals surface area contributed by atoms with Crippen LogP contribution < -0.4 is 10.1 Å². The number of rotatable bonds is 4. The molecule has 1 aromatic carbocycles. The molecule has 0 amide bonds. The van der Waals surface area contributed by atoms with Gasteiger partial charge in [-0.25, -0.2) is 0 Å². The normalized spacial score (nSPS) is 17.8. The zero-order chi connectivity index (χ0) is 14.9. The van der Waals surface area contributed by atoms with Crippen LogP contribution in [-0.4, -0.2) is 23.3 Å². The van der Waals surface area contributed by atoms with E-state index in [2.05, 4.69) is 15.5 Å². The van der Waals surface area contributed by atoms with E-state index in [1.54, 1.807) is 0 Å². The highest BCUT2D eigenvalue weighted by atomic mass is 16.5. The quantitative estimate of drug-likeness (QED) is 0.933. The fraction of sp³-hybridized carbons (Fsp3) is 0.467. The van der Waals surface area contributed by atoms with Gasteiger partial charge >= 0.3 is 0 Å². The van der Waals surface area contributed by atoms with E-state index in [0.717, 1.165) is 11.4 Å². The van der Waals surface area contributed by atoms with Crippen molar-refractivity contribution in [3.8, 4) is 5.75 Å². The molecule has 1 aromatic heterocycles. The Morgan fingerprint density at radius 1 is 1.38 bits per heavy atom. The number of para-hydroxylation sites is 2. The summed E-state index contributed by atoms with van der Waals surface area (Å²) in [6.07, 6.45) is -0.293. The zero-order valence-corrected chi connectivity index (χ0v) is 12.4. The Labute approximate surface area is 123 Å². The summed E-state index contributed by atoms with van der Waals surface area (Å²) in [5.74, 6) is 1.78. The average Bonchev–Trinajstić information content (AvgIpc) is 2.97. The number of nitrogens with zero attached hydrogens (tertiary/aromatic N) is 2. The van der Waals surface area contributed by atoms with Gasteiger partial charge in [-0.2, -0.15) is 4.98 Å². The third-order valence-corrected chi connectivity index (χ3v) is 3.40. The van der Waals surface area contributed by atoms with E-state index in [0.29, 0.717) is 24.9 Å². The highest BCUT2D eigenvalue weighted by Gasteiger charge is 2.31. The number of fused-ring (bicyclic) bond motifs is 1. The molecule has 0 aliphatic carbocycles. The van der Waals surface area contributed by atoms with Crippen molar-refractivity contribution >= 4 is 5.69 Å². The Balaban J connectivity index is 1.79. The van der Waals surface area contributed by atoms with E-state index in [1.807, 2.05) is 45.0 Å². The second kappa shape index (κ2) is 5.37. The highest BCUT2D eigenvalue weighted by Crippen LogP contribution is 2.33. The summed E-state index contributed by atoms with van der Waals surface area (Å²) in [5, 5.41) is 7.32. The molecule has 0 spiro atoms. The maximum atomic E-state index is 5.90. The first-order valence-electron chi connectivity index (χ1n) is 7.08. The van der Waals surface area contributed by atoms with E-state index in [-0.39, 0.29) is 6.10 Å². The van der Waals surface area contributed by atoms with E-state index in [4.69, 9.17) is 14.0 Å². The van der Waals surface area contributed by atoms with Gasteiger partial charge in [-0.3, -0.25) is 0 Å². The van der Waals surface area contributed by atoms with Gasteiger partial charge in [0.15, 0.2) is 6.10 Å². The smallest absolute Gasteiger partial charge is 0.269 e. The molecule has 1 aliphatic rings. The molecule has 0 radical (unpaired) electrons. The minimum atomic E-state index is -0.573. The standard InChI is InChI=1S/C15H19N3O3/c1-4-19-15(2,3)14-17-13(21-18-14)12-9-16-10-7-5-6-8-11(10)20-12/h5-8,12,16H,4,9H2,1-3H3. The molecule has 1 aliphatic heterocycles. The first-order valence-corrected chi connectivity index (χ1v) is 7.08. The lowest BCUT2D eigenvalue weighted by molar-refractivity contribution is -0.0221. The number of benzene rings is 1. The number of hydrogen-bond donors (Lipinski definition) is 1. The van der Waals surface area contributed by atoms with Crippen molar-refractivity contribution in [3.63, 3.8) is 0 Å². The molecular formula is C15H19N3O3. The molecule has 3 rings (SSSR count). The van der Waals surface area contributed by atoms with Crippen LogP contribution in [0.25, 0.3) is 0 Å². The molecule has 1 atom stereocenters. The van der Waals surface area contributed by atoms with Crippen molar-refractivity contribution in [1.82, 2.24) is 10.1 Å². The Morgan fingerprint density at radius 3 is 3.00 bits per heavy atom. The second-order valence-corrected chi connectivity index (χ2v) is 5.38. The summed E-state index contributed by atoms with van der Waals surface area (Å²) < 4.78 is 16.9. The minimum absolute atomic E-state index is 0.293. The van der Waals surface area contributed by atoms with Crippen molar-refractivity contribution < 1.29 is 14.0 Å². The highest BCUT2D eigenvalue weighted by molar-refractivity contribution is 5.57. The van der Waals surface area contributed by atoms with Gasteiger partial charge in [-0.05, 0) is 32.9 Å². The van der Waals surface area contributed by atoms with Gasteiger partial charge in [-0.15, -0.1) is 0 Å². The second-order valence-electron chi connectivity index (χ2n) is 5.38. The van der Waals surface area contributed by atoms with E-state index >= 15 is 0 Å². The SMILES string of the molecule is CCOC(C)(C)c1noc(C2CNc3ccccc3O2)n1. The Bertz CT molecular complexity index is 624. The Hall–Kier alpha value is -2.08. The lowest BCUT2D eigenvalue weighted by atomic mass is 10.1. The van der Waals surface area contributed by atoms with Crippen LogP contribution in [-0.2, 0) is 10.3 Å². The molecular weight excluding hydrogens is 270 g/mol.